The van der Waals surface area contributed by atoms with E-state index >= 15 is 0 Å². The number of aryl methyl sites for hydroxylation is 1. The van der Waals surface area contributed by atoms with Gasteiger partial charge in [-0.3, -0.25) is 0 Å². The Hall–Kier alpha value is -2.16. The molecule has 148 valence electrons. The van der Waals surface area contributed by atoms with Crippen LogP contribution in [0, 0.1) is 6.92 Å². The van der Waals surface area contributed by atoms with E-state index in [1.54, 1.807) is 5.38 Å². The lowest BCUT2D eigenvalue weighted by atomic mass is 10.1. The number of thiophene rings is 1. The van der Waals surface area contributed by atoms with Gasteiger partial charge in [0.05, 0.1) is 0 Å². The first-order chi connectivity index (χ1) is 13.5. The molecule has 0 N–H and O–H groups in total. The molecule has 1 saturated heterocycles. The van der Waals surface area contributed by atoms with Gasteiger partial charge in [-0.2, -0.15) is 4.31 Å². The van der Waals surface area contributed by atoms with Gasteiger partial charge < -0.3 is 9.15 Å². The van der Waals surface area contributed by atoms with Crippen LogP contribution in [0.25, 0.3) is 11.0 Å². The molecule has 3 heterocycles. The SMILES string of the molecule is Cc1c(COC(=O)c2sccc2S(=O)(=O)N2CCCCC2)oc2ccccc12. The van der Waals surface area contributed by atoms with Gasteiger partial charge in [0.15, 0.2) is 0 Å². The third-order valence-electron chi connectivity index (χ3n) is 5.02. The lowest BCUT2D eigenvalue weighted by molar-refractivity contribution is 0.0448. The Bertz CT molecular complexity index is 1110. The predicted molar refractivity (Wildman–Crippen MR) is 107 cm³/mol. The van der Waals surface area contributed by atoms with Gasteiger partial charge in [-0.25, -0.2) is 13.2 Å². The van der Waals surface area contributed by atoms with Gasteiger partial charge in [-0.15, -0.1) is 11.3 Å². The number of hydrogen-bond donors (Lipinski definition) is 0. The van der Waals surface area contributed by atoms with E-state index in [0.717, 1.165) is 47.1 Å². The monoisotopic (exact) mass is 419 g/mol. The molecule has 1 aliphatic rings. The van der Waals surface area contributed by atoms with Crippen molar-refractivity contribution in [1.29, 1.82) is 0 Å². The van der Waals surface area contributed by atoms with Crippen LogP contribution >= 0.6 is 11.3 Å². The zero-order valence-corrected chi connectivity index (χ0v) is 17.1. The van der Waals surface area contributed by atoms with E-state index < -0.39 is 16.0 Å². The summed E-state index contributed by atoms with van der Waals surface area (Å²) in [5, 5.41) is 2.58. The van der Waals surface area contributed by atoms with Crippen molar-refractivity contribution in [2.75, 3.05) is 13.1 Å². The number of piperidine rings is 1. The fraction of sp³-hybridized carbons (Fsp3) is 0.350. The molecule has 0 saturated carbocycles. The average Bonchev–Trinajstić information content (AvgIpc) is 3.33. The summed E-state index contributed by atoms with van der Waals surface area (Å²) < 4.78 is 38.5. The highest BCUT2D eigenvalue weighted by atomic mass is 32.2. The fourth-order valence-electron chi connectivity index (χ4n) is 3.45. The number of benzene rings is 1. The van der Waals surface area contributed by atoms with Gasteiger partial charge in [-0.05, 0) is 37.3 Å². The molecule has 0 amide bonds. The summed E-state index contributed by atoms with van der Waals surface area (Å²) in [5.41, 5.74) is 1.64. The number of para-hydroxylation sites is 1. The van der Waals surface area contributed by atoms with Gasteiger partial charge in [-0.1, -0.05) is 24.6 Å². The van der Waals surface area contributed by atoms with Crippen LogP contribution in [0.15, 0.2) is 45.0 Å². The molecule has 8 heteroatoms. The second-order valence-corrected chi connectivity index (χ2v) is 9.62. The quantitative estimate of drug-likeness (QED) is 0.575. The number of ether oxygens (including phenoxy) is 1. The zero-order chi connectivity index (χ0) is 19.7. The summed E-state index contributed by atoms with van der Waals surface area (Å²) >= 11 is 1.08. The number of furan rings is 1. The van der Waals surface area contributed by atoms with E-state index in [1.807, 2.05) is 31.2 Å². The third-order valence-corrected chi connectivity index (χ3v) is 7.99. The Labute approximate surface area is 167 Å². The Kier molecular flexibility index (Phi) is 5.27. The summed E-state index contributed by atoms with van der Waals surface area (Å²) in [7, 11) is -3.69. The third kappa shape index (κ3) is 3.47. The van der Waals surface area contributed by atoms with Crippen molar-refractivity contribution in [3.8, 4) is 0 Å². The van der Waals surface area contributed by atoms with Crippen LogP contribution in [-0.4, -0.2) is 31.8 Å². The number of hydrogen-bond acceptors (Lipinski definition) is 6. The standard InChI is InChI=1S/C20H21NO5S2/c1-14-15-7-3-4-8-16(15)26-17(14)13-25-20(22)19-18(9-12-27-19)28(23,24)21-10-5-2-6-11-21/h3-4,7-9,12H,2,5-6,10-11,13H2,1H3. The molecule has 0 bridgehead atoms. The highest BCUT2D eigenvalue weighted by molar-refractivity contribution is 7.89. The molecule has 1 aliphatic heterocycles. The van der Waals surface area contributed by atoms with E-state index in [2.05, 4.69) is 0 Å². The maximum atomic E-state index is 12.9. The van der Waals surface area contributed by atoms with Crippen molar-refractivity contribution >= 4 is 38.3 Å². The maximum Gasteiger partial charge on any atom is 0.350 e. The largest absolute Gasteiger partial charge is 0.457 e. The first-order valence-corrected chi connectivity index (χ1v) is 11.5. The average molecular weight is 420 g/mol. The van der Waals surface area contributed by atoms with Crippen molar-refractivity contribution in [2.24, 2.45) is 0 Å². The molecule has 1 fully saturated rings. The molecule has 2 aromatic heterocycles. The number of nitrogens with zero attached hydrogens (tertiary/aromatic N) is 1. The molecule has 0 aliphatic carbocycles. The summed E-state index contributed by atoms with van der Waals surface area (Å²) in [6, 6.07) is 9.09. The van der Waals surface area contributed by atoms with Crippen molar-refractivity contribution < 1.29 is 22.4 Å². The van der Waals surface area contributed by atoms with Gasteiger partial charge in [0, 0.05) is 24.0 Å². The topological polar surface area (TPSA) is 76.8 Å². The first-order valence-electron chi connectivity index (χ1n) is 9.20. The molecule has 0 unspecified atom stereocenters. The van der Waals surface area contributed by atoms with Gasteiger partial charge in [0.2, 0.25) is 10.0 Å². The fourth-order valence-corrected chi connectivity index (χ4v) is 6.25. The van der Waals surface area contributed by atoms with Crippen molar-refractivity contribution in [3.05, 3.63) is 51.9 Å². The van der Waals surface area contributed by atoms with Crippen LogP contribution in [0.1, 0.15) is 40.3 Å². The Morgan fingerprint density at radius 1 is 1.18 bits per heavy atom. The van der Waals surface area contributed by atoms with Crippen LogP contribution in [-0.2, 0) is 21.4 Å². The molecule has 4 rings (SSSR count). The van der Waals surface area contributed by atoms with Gasteiger partial charge in [0.1, 0.15) is 27.7 Å². The van der Waals surface area contributed by atoms with Crippen molar-refractivity contribution in [2.45, 2.75) is 37.7 Å². The van der Waals surface area contributed by atoms with Gasteiger partial charge in [0.25, 0.3) is 0 Å². The van der Waals surface area contributed by atoms with E-state index in [-0.39, 0.29) is 16.4 Å². The van der Waals surface area contributed by atoms with E-state index in [4.69, 9.17) is 9.15 Å². The number of esters is 1. The maximum absolute atomic E-state index is 12.9. The molecule has 0 atom stereocenters. The number of carbonyl (C=O) groups excluding carboxylic acids is 1. The van der Waals surface area contributed by atoms with E-state index in [1.165, 1.54) is 10.4 Å². The smallest absolute Gasteiger partial charge is 0.350 e. The summed E-state index contributed by atoms with van der Waals surface area (Å²) in [4.78, 5) is 12.8. The normalized spacial score (nSPS) is 15.8. The highest BCUT2D eigenvalue weighted by Crippen LogP contribution is 2.29. The Morgan fingerprint density at radius 3 is 2.68 bits per heavy atom. The molecular formula is C20H21NO5S2. The molecule has 0 spiro atoms. The van der Waals surface area contributed by atoms with Crippen LogP contribution in [0.3, 0.4) is 0 Å². The minimum Gasteiger partial charge on any atom is -0.457 e. The molecule has 1 aromatic carbocycles. The number of rotatable bonds is 5. The lowest BCUT2D eigenvalue weighted by Gasteiger charge is -2.25. The Morgan fingerprint density at radius 2 is 1.93 bits per heavy atom. The highest BCUT2D eigenvalue weighted by Gasteiger charge is 2.31. The zero-order valence-electron chi connectivity index (χ0n) is 15.5. The summed E-state index contributed by atoms with van der Waals surface area (Å²) in [6.45, 7) is 2.85. The van der Waals surface area contributed by atoms with Crippen LogP contribution in [0.4, 0.5) is 0 Å². The van der Waals surface area contributed by atoms with Crippen LogP contribution in [0.5, 0.6) is 0 Å². The van der Waals surface area contributed by atoms with Crippen molar-refractivity contribution in [3.63, 3.8) is 0 Å². The minimum absolute atomic E-state index is 0.0331. The van der Waals surface area contributed by atoms with Gasteiger partial charge >= 0.3 is 5.97 Å². The number of fused-ring (bicyclic) bond motifs is 1. The molecular weight excluding hydrogens is 398 g/mol. The number of sulfonamides is 1. The number of carbonyl (C=O) groups is 1. The van der Waals surface area contributed by atoms with E-state index in [0.29, 0.717) is 18.8 Å². The molecule has 3 aromatic rings. The van der Waals surface area contributed by atoms with E-state index in [9.17, 15) is 13.2 Å². The lowest BCUT2D eigenvalue weighted by Crippen LogP contribution is -2.36. The summed E-state index contributed by atoms with van der Waals surface area (Å²) in [5.74, 6) is -0.0861. The Balaban J connectivity index is 1.53. The second kappa shape index (κ2) is 7.69. The van der Waals surface area contributed by atoms with Crippen molar-refractivity contribution in [1.82, 2.24) is 4.31 Å². The summed E-state index contributed by atoms with van der Waals surface area (Å²) in [6.07, 6.45) is 2.71. The minimum atomic E-state index is -3.69. The van der Waals surface area contributed by atoms with Crippen LogP contribution < -0.4 is 0 Å². The van der Waals surface area contributed by atoms with Crippen LogP contribution in [0.2, 0.25) is 0 Å². The molecule has 0 radical (unpaired) electrons. The molecule has 28 heavy (non-hydrogen) atoms. The first kappa shape index (κ1) is 19.2. The molecule has 6 nitrogen and oxygen atoms in total. The second-order valence-electron chi connectivity index (χ2n) is 6.80. The predicted octanol–water partition coefficient (Wildman–Crippen LogP) is 4.33.